The number of ether oxygens (including phenoxy) is 1. The highest BCUT2D eigenvalue weighted by Crippen LogP contribution is 2.24. The summed E-state index contributed by atoms with van der Waals surface area (Å²) in [5.41, 5.74) is 3.41. The number of nitrogens with two attached hydrogens (primary N) is 1. The molecule has 0 saturated carbocycles. The summed E-state index contributed by atoms with van der Waals surface area (Å²) < 4.78 is 6.77. The summed E-state index contributed by atoms with van der Waals surface area (Å²) in [6.07, 6.45) is 0. The summed E-state index contributed by atoms with van der Waals surface area (Å²) in [6.45, 7) is 0. The molecule has 0 spiro atoms. The van der Waals surface area contributed by atoms with Crippen LogP contribution in [-0.2, 0) is 0 Å². The van der Waals surface area contributed by atoms with E-state index < -0.39 is 0 Å². The van der Waals surface area contributed by atoms with E-state index in [2.05, 4.69) is 20.7 Å². The molecule has 0 fully saturated rings. The average molecular weight is 262 g/mol. The summed E-state index contributed by atoms with van der Waals surface area (Å²) in [4.78, 5) is 0.689. The predicted molar refractivity (Wildman–Crippen MR) is 68.5 cm³/mol. The number of benzene rings is 1. The second-order valence-electron chi connectivity index (χ2n) is 3.50. The molecular weight excluding hydrogens is 252 g/mol. The Morgan fingerprint density at radius 3 is 2.72 bits per heavy atom. The first-order valence-corrected chi connectivity index (χ1v) is 5.97. The second-order valence-corrected chi connectivity index (χ2v) is 4.45. The Hall–Kier alpha value is -2.19. The van der Waals surface area contributed by atoms with Gasteiger partial charge in [-0.25, -0.2) is 5.84 Å². The van der Waals surface area contributed by atoms with Crippen LogP contribution in [0.15, 0.2) is 24.3 Å². The third-order valence-corrected chi connectivity index (χ3v) is 3.29. The molecule has 0 aliphatic carbocycles. The third-order valence-electron chi connectivity index (χ3n) is 2.46. The van der Waals surface area contributed by atoms with Gasteiger partial charge in [-0.05, 0) is 24.3 Å². The number of nitrogen functional groups attached to an aromatic ring is 1. The molecule has 92 valence electrons. The first-order valence-electron chi connectivity index (χ1n) is 5.15. The number of fused-ring (bicyclic) bond motifs is 1. The minimum absolute atomic E-state index is 0.592. The van der Waals surface area contributed by atoms with Crippen LogP contribution >= 0.6 is 11.3 Å². The van der Waals surface area contributed by atoms with Crippen molar-refractivity contribution in [2.75, 3.05) is 12.5 Å². The van der Waals surface area contributed by atoms with Crippen molar-refractivity contribution < 1.29 is 4.74 Å². The molecule has 0 aliphatic heterocycles. The Kier molecular flexibility index (Phi) is 2.58. The minimum atomic E-state index is 0.592. The molecule has 7 nitrogen and oxygen atoms in total. The molecular formula is C10H10N6OS. The Balaban J connectivity index is 2.09. The van der Waals surface area contributed by atoms with Gasteiger partial charge in [-0.3, -0.25) is 5.43 Å². The SMILES string of the molecule is COc1ccc(-c2nnc3sc(NN)nn23)cc1. The highest BCUT2D eigenvalue weighted by molar-refractivity contribution is 7.20. The molecule has 0 amide bonds. The van der Waals surface area contributed by atoms with Crippen molar-refractivity contribution >= 4 is 21.4 Å². The van der Waals surface area contributed by atoms with Gasteiger partial charge in [0.1, 0.15) is 5.75 Å². The van der Waals surface area contributed by atoms with Gasteiger partial charge >= 0.3 is 0 Å². The number of nitrogens with one attached hydrogen (secondary N) is 1. The largest absolute Gasteiger partial charge is 0.497 e. The number of hydrazine groups is 1. The van der Waals surface area contributed by atoms with Crippen molar-refractivity contribution in [1.82, 2.24) is 19.8 Å². The summed E-state index contributed by atoms with van der Waals surface area (Å²) in [5, 5.41) is 13.0. The lowest BCUT2D eigenvalue weighted by molar-refractivity contribution is 0.415. The lowest BCUT2D eigenvalue weighted by atomic mass is 10.2. The standard InChI is InChI=1S/C10H10N6OS/c1-17-7-4-2-6(3-5-7)8-13-14-10-16(8)15-9(12-11)18-10/h2-5H,11H2,1H3,(H,12,15). The lowest BCUT2D eigenvalue weighted by Crippen LogP contribution is -2.06. The van der Waals surface area contributed by atoms with Crippen molar-refractivity contribution in [3.05, 3.63) is 24.3 Å². The van der Waals surface area contributed by atoms with Crippen molar-refractivity contribution in [3.8, 4) is 17.1 Å². The Morgan fingerprint density at radius 2 is 2.06 bits per heavy atom. The molecule has 0 unspecified atom stereocenters. The van der Waals surface area contributed by atoms with Gasteiger partial charge in [-0.1, -0.05) is 11.3 Å². The first kappa shape index (κ1) is 10.9. The number of anilines is 1. The monoisotopic (exact) mass is 262 g/mol. The number of rotatable bonds is 3. The number of aromatic nitrogens is 4. The molecule has 3 N–H and O–H groups in total. The van der Waals surface area contributed by atoms with E-state index in [1.54, 1.807) is 11.6 Å². The number of hydrogen-bond donors (Lipinski definition) is 2. The fraction of sp³-hybridized carbons (Fsp3) is 0.100. The van der Waals surface area contributed by atoms with Crippen molar-refractivity contribution in [2.45, 2.75) is 0 Å². The normalized spacial score (nSPS) is 10.8. The van der Waals surface area contributed by atoms with Gasteiger partial charge in [0.25, 0.3) is 0 Å². The highest BCUT2D eigenvalue weighted by atomic mass is 32.1. The number of nitrogens with zero attached hydrogens (tertiary/aromatic N) is 4. The molecule has 0 radical (unpaired) electrons. The maximum atomic E-state index is 5.32. The summed E-state index contributed by atoms with van der Waals surface area (Å²) in [6, 6.07) is 7.55. The third kappa shape index (κ3) is 1.67. The second kappa shape index (κ2) is 4.24. The Labute approximate surface area is 106 Å². The maximum Gasteiger partial charge on any atom is 0.236 e. The quantitative estimate of drug-likeness (QED) is 0.543. The molecule has 0 saturated heterocycles. The fourth-order valence-electron chi connectivity index (χ4n) is 1.60. The molecule has 3 rings (SSSR count). The predicted octanol–water partition coefficient (Wildman–Crippen LogP) is 1.15. The van der Waals surface area contributed by atoms with Gasteiger partial charge < -0.3 is 4.74 Å². The van der Waals surface area contributed by atoms with Crippen molar-refractivity contribution in [1.29, 1.82) is 0 Å². The van der Waals surface area contributed by atoms with E-state index in [9.17, 15) is 0 Å². The smallest absolute Gasteiger partial charge is 0.236 e. The van der Waals surface area contributed by atoms with Crippen LogP contribution < -0.4 is 16.0 Å². The van der Waals surface area contributed by atoms with Crippen LogP contribution in [0.4, 0.5) is 5.13 Å². The van der Waals surface area contributed by atoms with Crippen molar-refractivity contribution in [2.24, 2.45) is 5.84 Å². The summed E-state index contributed by atoms with van der Waals surface area (Å²) in [5.74, 6) is 6.78. The fourth-order valence-corrected chi connectivity index (χ4v) is 2.25. The zero-order valence-corrected chi connectivity index (χ0v) is 10.3. The van der Waals surface area contributed by atoms with Crippen LogP contribution in [0, 0.1) is 0 Å². The van der Waals surface area contributed by atoms with E-state index in [-0.39, 0.29) is 0 Å². The molecule has 8 heteroatoms. The van der Waals surface area contributed by atoms with E-state index in [1.807, 2.05) is 24.3 Å². The van der Waals surface area contributed by atoms with Gasteiger partial charge in [0.15, 0.2) is 5.82 Å². The first-order chi connectivity index (χ1) is 8.81. The van der Waals surface area contributed by atoms with E-state index >= 15 is 0 Å². The maximum absolute atomic E-state index is 5.32. The van der Waals surface area contributed by atoms with E-state index in [0.29, 0.717) is 15.9 Å². The van der Waals surface area contributed by atoms with Crippen LogP contribution in [-0.4, -0.2) is 26.9 Å². The summed E-state index contributed by atoms with van der Waals surface area (Å²) in [7, 11) is 1.63. The van der Waals surface area contributed by atoms with E-state index in [0.717, 1.165) is 11.3 Å². The van der Waals surface area contributed by atoms with Gasteiger partial charge in [-0.15, -0.1) is 15.3 Å². The van der Waals surface area contributed by atoms with Crippen LogP contribution in [0.25, 0.3) is 16.3 Å². The molecule has 18 heavy (non-hydrogen) atoms. The molecule has 2 heterocycles. The molecule has 0 bridgehead atoms. The minimum Gasteiger partial charge on any atom is -0.497 e. The zero-order chi connectivity index (χ0) is 12.5. The average Bonchev–Trinajstić information content (AvgIpc) is 2.98. The Morgan fingerprint density at radius 1 is 1.28 bits per heavy atom. The molecule has 0 aliphatic rings. The van der Waals surface area contributed by atoms with Gasteiger partial charge in [0, 0.05) is 5.56 Å². The van der Waals surface area contributed by atoms with Gasteiger partial charge in [0.05, 0.1) is 7.11 Å². The van der Waals surface area contributed by atoms with E-state index in [1.165, 1.54) is 11.3 Å². The van der Waals surface area contributed by atoms with Crippen LogP contribution in [0.5, 0.6) is 5.75 Å². The van der Waals surface area contributed by atoms with Crippen LogP contribution in [0.2, 0.25) is 0 Å². The van der Waals surface area contributed by atoms with E-state index in [4.69, 9.17) is 10.6 Å². The lowest BCUT2D eigenvalue weighted by Gasteiger charge is -2.00. The van der Waals surface area contributed by atoms with Crippen LogP contribution in [0.1, 0.15) is 0 Å². The number of hydrogen-bond acceptors (Lipinski definition) is 7. The van der Waals surface area contributed by atoms with Crippen LogP contribution in [0.3, 0.4) is 0 Å². The topological polar surface area (TPSA) is 90.4 Å². The Bertz CT molecular complexity index is 673. The number of methoxy groups -OCH3 is 1. The van der Waals surface area contributed by atoms with Gasteiger partial charge in [-0.2, -0.15) is 4.52 Å². The molecule has 2 aromatic heterocycles. The highest BCUT2D eigenvalue weighted by Gasteiger charge is 2.12. The van der Waals surface area contributed by atoms with Gasteiger partial charge in [0.2, 0.25) is 10.1 Å². The zero-order valence-electron chi connectivity index (χ0n) is 9.49. The molecule has 3 aromatic rings. The summed E-state index contributed by atoms with van der Waals surface area (Å²) >= 11 is 1.34. The molecule has 1 aromatic carbocycles. The molecule has 0 atom stereocenters. The van der Waals surface area contributed by atoms with Crippen molar-refractivity contribution in [3.63, 3.8) is 0 Å².